The third kappa shape index (κ3) is 3.61. The minimum atomic E-state index is -0.419. The number of carbonyl (C=O) groups is 1. The van der Waals surface area contributed by atoms with E-state index in [1.54, 1.807) is 6.92 Å². The third-order valence-corrected chi connectivity index (χ3v) is 3.36. The normalized spacial score (nSPS) is 24.0. The molecule has 18 heavy (non-hydrogen) atoms. The molecule has 0 aliphatic heterocycles. The van der Waals surface area contributed by atoms with Crippen LogP contribution in [0.15, 0.2) is 11.1 Å². The number of hydrogen-bond acceptors (Lipinski definition) is 3. The van der Waals surface area contributed by atoms with Gasteiger partial charge < -0.3 is 9.84 Å². The summed E-state index contributed by atoms with van der Waals surface area (Å²) in [4.78, 5) is 10.8. The fourth-order valence-corrected chi connectivity index (χ4v) is 2.26. The molecular weight excluding hydrogens is 228 g/mol. The molecule has 0 radical (unpaired) electrons. The van der Waals surface area contributed by atoms with Gasteiger partial charge in [-0.25, -0.2) is 0 Å². The molecule has 0 amide bonds. The van der Waals surface area contributed by atoms with Crippen LogP contribution in [0.2, 0.25) is 0 Å². The zero-order valence-electron chi connectivity index (χ0n) is 11.8. The smallest absolute Gasteiger partial charge is 0.303 e. The van der Waals surface area contributed by atoms with E-state index in [0.29, 0.717) is 0 Å². The van der Waals surface area contributed by atoms with Crippen LogP contribution in [0.1, 0.15) is 47.5 Å². The molecule has 0 saturated carbocycles. The minimum absolute atomic E-state index is 0.0216. The first-order valence-electron chi connectivity index (χ1n) is 6.32. The van der Waals surface area contributed by atoms with Crippen molar-refractivity contribution in [3.63, 3.8) is 0 Å². The van der Waals surface area contributed by atoms with Crippen LogP contribution in [-0.2, 0) is 9.53 Å². The van der Waals surface area contributed by atoms with Gasteiger partial charge in [0.25, 0.3) is 0 Å². The molecule has 0 bridgehead atoms. The van der Waals surface area contributed by atoms with E-state index >= 15 is 0 Å². The zero-order chi connectivity index (χ0) is 13.9. The van der Waals surface area contributed by atoms with Crippen LogP contribution in [0.3, 0.4) is 0 Å². The summed E-state index contributed by atoms with van der Waals surface area (Å²) in [5.74, 6) is 5.69. The van der Waals surface area contributed by atoms with Crippen molar-refractivity contribution >= 4 is 5.97 Å². The van der Waals surface area contributed by atoms with E-state index in [1.165, 1.54) is 6.92 Å². The van der Waals surface area contributed by atoms with E-state index < -0.39 is 12.2 Å². The number of ether oxygens (including phenoxy) is 1. The molecule has 3 nitrogen and oxygen atoms in total. The third-order valence-electron chi connectivity index (χ3n) is 3.36. The Bertz CT molecular complexity index is 421. The number of carbonyl (C=O) groups excluding carboxylic acids is 1. The number of rotatable bonds is 1. The summed E-state index contributed by atoms with van der Waals surface area (Å²) in [6.45, 7) is 9.30. The van der Waals surface area contributed by atoms with Crippen molar-refractivity contribution in [2.75, 3.05) is 0 Å². The summed E-state index contributed by atoms with van der Waals surface area (Å²) >= 11 is 0. The highest BCUT2D eigenvalue weighted by Crippen LogP contribution is 2.39. The second-order valence-electron chi connectivity index (χ2n) is 5.52. The van der Waals surface area contributed by atoms with Crippen molar-refractivity contribution in [3.05, 3.63) is 11.1 Å². The van der Waals surface area contributed by atoms with Crippen molar-refractivity contribution in [1.82, 2.24) is 0 Å². The Kier molecular flexibility index (Phi) is 4.59. The maximum atomic E-state index is 10.8. The first kappa shape index (κ1) is 14.8. The minimum Gasteiger partial charge on any atom is -0.450 e. The zero-order valence-corrected chi connectivity index (χ0v) is 11.8. The molecule has 0 heterocycles. The van der Waals surface area contributed by atoms with Gasteiger partial charge in [0.15, 0.2) is 6.10 Å². The highest BCUT2D eigenvalue weighted by atomic mass is 16.5. The fraction of sp³-hybridized carbons (Fsp3) is 0.667. The highest BCUT2D eigenvalue weighted by Gasteiger charge is 2.31. The average molecular weight is 250 g/mol. The second kappa shape index (κ2) is 5.58. The first-order chi connectivity index (χ1) is 8.24. The summed E-state index contributed by atoms with van der Waals surface area (Å²) in [6, 6.07) is 0. The van der Waals surface area contributed by atoms with Gasteiger partial charge in [-0.15, -0.1) is 0 Å². The molecule has 100 valence electrons. The largest absolute Gasteiger partial charge is 0.450 e. The molecule has 1 rings (SSSR count). The quantitative estimate of drug-likeness (QED) is 0.574. The Morgan fingerprint density at radius 3 is 2.72 bits per heavy atom. The predicted octanol–water partition coefficient (Wildman–Crippen LogP) is 2.44. The maximum absolute atomic E-state index is 10.8. The Morgan fingerprint density at radius 1 is 1.56 bits per heavy atom. The molecule has 1 aliphatic rings. The average Bonchev–Trinajstić information content (AvgIpc) is 2.23. The molecule has 1 aliphatic carbocycles. The number of hydrogen-bond donors (Lipinski definition) is 1. The molecule has 0 spiro atoms. The molecule has 0 aromatic rings. The van der Waals surface area contributed by atoms with Crippen molar-refractivity contribution in [2.24, 2.45) is 5.41 Å². The van der Waals surface area contributed by atoms with Gasteiger partial charge in [-0.05, 0) is 37.7 Å². The van der Waals surface area contributed by atoms with Gasteiger partial charge >= 0.3 is 5.97 Å². The summed E-state index contributed by atoms with van der Waals surface area (Å²) in [6.07, 6.45) is 0.880. The summed E-state index contributed by atoms with van der Waals surface area (Å²) < 4.78 is 4.97. The molecule has 0 aromatic heterocycles. The molecule has 2 unspecified atom stereocenters. The molecule has 3 heteroatoms. The van der Waals surface area contributed by atoms with Gasteiger partial charge in [0.1, 0.15) is 0 Å². The molecule has 1 N–H and O–H groups in total. The van der Waals surface area contributed by atoms with Crippen molar-refractivity contribution in [3.8, 4) is 11.8 Å². The lowest BCUT2D eigenvalue weighted by Gasteiger charge is -2.34. The van der Waals surface area contributed by atoms with Gasteiger partial charge in [-0.1, -0.05) is 25.7 Å². The lowest BCUT2D eigenvalue weighted by molar-refractivity contribution is -0.143. The van der Waals surface area contributed by atoms with E-state index in [2.05, 4.69) is 25.7 Å². The van der Waals surface area contributed by atoms with E-state index in [-0.39, 0.29) is 11.4 Å². The van der Waals surface area contributed by atoms with Gasteiger partial charge in [-0.2, -0.15) is 0 Å². The van der Waals surface area contributed by atoms with Crippen molar-refractivity contribution in [1.29, 1.82) is 0 Å². The van der Waals surface area contributed by atoms with Crippen LogP contribution in [-0.4, -0.2) is 23.3 Å². The molecule has 0 saturated heterocycles. The van der Waals surface area contributed by atoms with Crippen LogP contribution < -0.4 is 0 Å². The Labute approximate surface area is 109 Å². The maximum Gasteiger partial charge on any atom is 0.303 e. The molecular formula is C15H22O3. The molecule has 2 atom stereocenters. The Hall–Kier alpha value is -1.27. The molecule has 0 aromatic carbocycles. The predicted molar refractivity (Wildman–Crippen MR) is 70.7 cm³/mol. The van der Waals surface area contributed by atoms with E-state index in [4.69, 9.17) is 4.74 Å². The lowest BCUT2D eigenvalue weighted by atomic mass is 9.72. The monoisotopic (exact) mass is 250 g/mol. The number of aliphatic hydroxyl groups excluding tert-OH is 1. The highest BCUT2D eigenvalue weighted by molar-refractivity contribution is 5.66. The lowest BCUT2D eigenvalue weighted by Crippen LogP contribution is -2.27. The van der Waals surface area contributed by atoms with Gasteiger partial charge in [0.05, 0.1) is 6.10 Å². The number of allylic oxidation sites excluding steroid dienone is 1. The van der Waals surface area contributed by atoms with E-state index in [1.807, 2.05) is 6.92 Å². The Morgan fingerprint density at radius 2 is 2.17 bits per heavy atom. The fourth-order valence-electron chi connectivity index (χ4n) is 2.26. The van der Waals surface area contributed by atoms with Crippen LogP contribution in [0.5, 0.6) is 0 Å². The summed E-state index contributed by atoms with van der Waals surface area (Å²) in [5.41, 5.74) is 1.89. The van der Waals surface area contributed by atoms with Gasteiger partial charge in [0.2, 0.25) is 0 Å². The van der Waals surface area contributed by atoms with Gasteiger partial charge in [0, 0.05) is 12.5 Å². The van der Waals surface area contributed by atoms with Gasteiger partial charge in [-0.3, -0.25) is 4.79 Å². The van der Waals surface area contributed by atoms with Crippen LogP contribution >= 0.6 is 0 Å². The second-order valence-corrected chi connectivity index (χ2v) is 5.52. The van der Waals surface area contributed by atoms with Crippen LogP contribution in [0.25, 0.3) is 0 Å². The van der Waals surface area contributed by atoms with Crippen LogP contribution in [0, 0.1) is 17.3 Å². The summed E-state index contributed by atoms with van der Waals surface area (Å²) in [5, 5.41) is 9.88. The molecule has 0 fully saturated rings. The topological polar surface area (TPSA) is 46.5 Å². The standard InChI is InChI=1S/C15H22O3/c1-10(18-12(3)16)6-7-13-11(2)14(17)8-9-15(13,4)5/h10,14,17H,8-9H2,1-5H3. The SMILES string of the molecule is CC(=O)OC(C)C#CC1=C(C)C(O)CCC1(C)C. The van der Waals surface area contributed by atoms with Crippen LogP contribution in [0.4, 0.5) is 0 Å². The van der Waals surface area contributed by atoms with Crippen molar-refractivity contribution < 1.29 is 14.6 Å². The number of esters is 1. The van der Waals surface area contributed by atoms with E-state index in [9.17, 15) is 9.90 Å². The Balaban J connectivity index is 2.96. The first-order valence-corrected chi connectivity index (χ1v) is 6.32. The van der Waals surface area contributed by atoms with Crippen molar-refractivity contribution in [2.45, 2.75) is 59.7 Å². The van der Waals surface area contributed by atoms with E-state index in [0.717, 1.165) is 24.0 Å². The summed E-state index contributed by atoms with van der Waals surface area (Å²) in [7, 11) is 0. The number of aliphatic hydroxyl groups is 1.